The first kappa shape index (κ1) is 17.1. The molecule has 2 aromatic carbocycles. The summed E-state index contributed by atoms with van der Waals surface area (Å²) in [6.45, 7) is 1.87. The maximum absolute atomic E-state index is 12.3. The van der Waals surface area contributed by atoms with E-state index in [0.29, 0.717) is 21.4 Å². The van der Waals surface area contributed by atoms with E-state index >= 15 is 0 Å². The van der Waals surface area contributed by atoms with Gasteiger partial charge >= 0.3 is 0 Å². The number of methoxy groups -OCH3 is 1. The van der Waals surface area contributed by atoms with Gasteiger partial charge in [0.1, 0.15) is 5.75 Å². The fraction of sp³-hybridized carbons (Fsp3) is 0.200. The molecule has 0 aliphatic carbocycles. The van der Waals surface area contributed by atoms with Crippen molar-refractivity contribution < 1.29 is 13.2 Å². The van der Waals surface area contributed by atoms with Gasteiger partial charge in [0.05, 0.1) is 12.0 Å². The summed E-state index contributed by atoms with van der Waals surface area (Å²) in [6.07, 6.45) is 0. The molecule has 0 radical (unpaired) electrons. The van der Waals surface area contributed by atoms with E-state index in [1.54, 1.807) is 37.3 Å². The topological polar surface area (TPSA) is 55.4 Å². The van der Waals surface area contributed by atoms with Crippen LogP contribution in [0.5, 0.6) is 5.75 Å². The lowest BCUT2D eigenvalue weighted by atomic mass is 10.2. The Morgan fingerprint density at radius 2 is 1.86 bits per heavy atom. The van der Waals surface area contributed by atoms with Crippen LogP contribution in [0.1, 0.15) is 11.1 Å². The molecule has 0 saturated carbocycles. The van der Waals surface area contributed by atoms with Crippen LogP contribution >= 0.6 is 23.2 Å². The second-order valence-electron chi connectivity index (χ2n) is 4.69. The molecule has 2 aromatic rings. The number of sulfonamides is 1. The maximum Gasteiger partial charge on any atom is 0.240 e. The molecular weight excluding hydrogens is 345 g/mol. The summed E-state index contributed by atoms with van der Waals surface area (Å²) in [5.74, 6) is 0.639. The van der Waals surface area contributed by atoms with Crippen molar-refractivity contribution in [2.75, 3.05) is 7.11 Å². The number of benzene rings is 2. The van der Waals surface area contributed by atoms with Gasteiger partial charge < -0.3 is 4.74 Å². The molecule has 0 amide bonds. The lowest BCUT2D eigenvalue weighted by Crippen LogP contribution is -2.23. The quantitative estimate of drug-likeness (QED) is 0.883. The second kappa shape index (κ2) is 6.87. The minimum absolute atomic E-state index is 0.0867. The Morgan fingerprint density at radius 1 is 1.14 bits per heavy atom. The molecule has 0 heterocycles. The van der Waals surface area contributed by atoms with Crippen molar-refractivity contribution in [2.45, 2.75) is 18.4 Å². The maximum atomic E-state index is 12.3. The molecule has 0 aliphatic heterocycles. The number of hydrogen-bond acceptors (Lipinski definition) is 3. The van der Waals surface area contributed by atoms with Crippen molar-refractivity contribution in [1.82, 2.24) is 4.72 Å². The first-order chi connectivity index (χ1) is 10.3. The fourth-order valence-electron chi connectivity index (χ4n) is 1.94. The van der Waals surface area contributed by atoms with Crippen LogP contribution in [-0.4, -0.2) is 15.5 Å². The van der Waals surface area contributed by atoms with Crippen LogP contribution in [0.25, 0.3) is 0 Å². The average molecular weight is 360 g/mol. The summed E-state index contributed by atoms with van der Waals surface area (Å²) in [6, 6.07) is 9.60. The zero-order valence-electron chi connectivity index (χ0n) is 12.1. The van der Waals surface area contributed by atoms with Crippen LogP contribution in [0, 0.1) is 6.92 Å². The Kier molecular flexibility index (Phi) is 5.34. The third-order valence-electron chi connectivity index (χ3n) is 3.14. The number of aryl methyl sites for hydroxylation is 1. The van der Waals surface area contributed by atoms with Crippen molar-refractivity contribution >= 4 is 33.2 Å². The Labute approximate surface area is 140 Å². The molecule has 1 N–H and O–H groups in total. The Morgan fingerprint density at radius 3 is 2.45 bits per heavy atom. The normalized spacial score (nSPS) is 11.5. The largest absolute Gasteiger partial charge is 0.496 e. The minimum atomic E-state index is -3.63. The van der Waals surface area contributed by atoms with Crippen LogP contribution in [0.15, 0.2) is 41.3 Å². The van der Waals surface area contributed by atoms with Gasteiger partial charge in [0.2, 0.25) is 10.0 Å². The van der Waals surface area contributed by atoms with E-state index in [1.165, 1.54) is 13.2 Å². The predicted octanol–water partition coefficient (Wildman–Crippen LogP) is 3.79. The van der Waals surface area contributed by atoms with E-state index < -0.39 is 10.0 Å². The number of ether oxygens (including phenoxy) is 1. The van der Waals surface area contributed by atoms with E-state index in [-0.39, 0.29) is 11.4 Å². The zero-order valence-corrected chi connectivity index (χ0v) is 14.4. The van der Waals surface area contributed by atoms with Gasteiger partial charge in [0, 0.05) is 16.6 Å². The summed E-state index contributed by atoms with van der Waals surface area (Å²) in [5.41, 5.74) is 1.40. The first-order valence-electron chi connectivity index (χ1n) is 6.42. The minimum Gasteiger partial charge on any atom is -0.496 e. The molecule has 0 fully saturated rings. The van der Waals surface area contributed by atoms with E-state index in [9.17, 15) is 8.42 Å². The first-order valence-corrected chi connectivity index (χ1v) is 8.65. The summed E-state index contributed by atoms with van der Waals surface area (Å²) in [4.78, 5) is 0.177. The molecule has 0 saturated heterocycles. The Hall–Kier alpha value is -1.27. The van der Waals surface area contributed by atoms with Crippen molar-refractivity contribution in [3.05, 3.63) is 57.6 Å². The van der Waals surface area contributed by atoms with Crippen LogP contribution in [0.2, 0.25) is 10.0 Å². The van der Waals surface area contributed by atoms with E-state index in [4.69, 9.17) is 27.9 Å². The highest BCUT2D eigenvalue weighted by molar-refractivity contribution is 7.89. The lowest BCUT2D eigenvalue weighted by Gasteiger charge is -2.10. The van der Waals surface area contributed by atoms with Gasteiger partial charge in [0.15, 0.2) is 0 Å². The van der Waals surface area contributed by atoms with Crippen molar-refractivity contribution in [1.29, 1.82) is 0 Å². The molecule has 7 heteroatoms. The van der Waals surface area contributed by atoms with Crippen LogP contribution in [-0.2, 0) is 16.6 Å². The molecule has 118 valence electrons. The molecular formula is C15H15Cl2NO3S. The lowest BCUT2D eigenvalue weighted by molar-refractivity contribution is 0.411. The van der Waals surface area contributed by atoms with E-state index in [1.807, 2.05) is 0 Å². The van der Waals surface area contributed by atoms with Gasteiger partial charge in [-0.1, -0.05) is 29.3 Å². The molecule has 0 atom stereocenters. The second-order valence-corrected chi connectivity index (χ2v) is 7.30. The van der Waals surface area contributed by atoms with Gasteiger partial charge in [0.25, 0.3) is 0 Å². The average Bonchev–Trinajstić information content (AvgIpc) is 2.46. The molecule has 2 rings (SSSR count). The molecule has 4 nitrogen and oxygen atoms in total. The van der Waals surface area contributed by atoms with Gasteiger partial charge in [-0.25, -0.2) is 13.1 Å². The third kappa shape index (κ3) is 3.93. The Bertz CT molecular complexity index is 791. The summed E-state index contributed by atoms with van der Waals surface area (Å²) in [5, 5.41) is 0.920. The van der Waals surface area contributed by atoms with E-state index in [0.717, 1.165) is 5.56 Å². The van der Waals surface area contributed by atoms with Gasteiger partial charge in [-0.15, -0.1) is 0 Å². The van der Waals surface area contributed by atoms with Crippen molar-refractivity contribution in [2.24, 2.45) is 0 Å². The molecule has 0 unspecified atom stereocenters. The highest BCUT2D eigenvalue weighted by atomic mass is 35.5. The number of halogens is 2. The van der Waals surface area contributed by atoms with Crippen molar-refractivity contribution in [3.8, 4) is 5.75 Å². The number of rotatable bonds is 5. The monoisotopic (exact) mass is 359 g/mol. The molecule has 22 heavy (non-hydrogen) atoms. The van der Waals surface area contributed by atoms with Gasteiger partial charge in [-0.3, -0.25) is 0 Å². The molecule has 0 bridgehead atoms. The highest BCUT2D eigenvalue weighted by Gasteiger charge is 2.16. The predicted molar refractivity (Wildman–Crippen MR) is 88.2 cm³/mol. The van der Waals surface area contributed by atoms with Gasteiger partial charge in [-0.05, 0) is 48.4 Å². The molecule has 0 aromatic heterocycles. The van der Waals surface area contributed by atoms with Gasteiger partial charge in [-0.2, -0.15) is 0 Å². The Balaban J connectivity index is 2.19. The molecule has 0 aliphatic rings. The summed E-state index contributed by atoms with van der Waals surface area (Å²) >= 11 is 11.8. The molecule has 0 spiro atoms. The summed E-state index contributed by atoms with van der Waals surface area (Å²) in [7, 11) is -2.09. The SMILES string of the molecule is COc1ccc(S(=O)(=O)NCc2ccc(Cl)cc2Cl)cc1C. The summed E-state index contributed by atoms with van der Waals surface area (Å²) < 4.78 is 32.3. The van der Waals surface area contributed by atoms with Crippen LogP contribution in [0.4, 0.5) is 0 Å². The number of nitrogens with one attached hydrogen (secondary N) is 1. The van der Waals surface area contributed by atoms with E-state index in [2.05, 4.69) is 4.72 Å². The number of hydrogen-bond donors (Lipinski definition) is 1. The standard InChI is InChI=1S/C15H15Cl2NO3S/c1-10-7-13(5-6-15(10)21-2)22(19,20)18-9-11-3-4-12(16)8-14(11)17/h3-8,18H,9H2,1-2H3. The zero-order chi connectivity index (χ0) is 16.3. The smallest absolute Gasteiger partial charge is 0.240 e. The third-order valence-corrected chi connectivity index (χ3v) is 5.13. The van der Waals surface area contributed by atoms with Crippen LogP contribution in [0.3, 0.4) is 0 Å². The van der Waals surface area contributed by atoms with Crippen LogP contribution < -0.4 is 9.46 Å². The fourth-order valence-corrected chi connectivity index (χ4v) is 3.51. The highest BCUT2D eigenvalue weighted by Crippen LogP contribution is 2.23. The van der Waals surface area contributed by atoms with Crippen molar-refractivity contribution in [3.63, 3.8) is 0 Å².